The number of carbonyl (C=O) groups excluding carboxylic acids is 2. The van der Waals surface area contributed by atoms with E-state index in [1.54, 1.807) is 0 Å². The number of likely N-dealkylation sites (tertiary alicyclic amines) is 1. The third kappa shape index (κ3) is 3.99. The molecule has 6 heteroatoms. The van der Waals surface area contributed by atoms with Crippen molar-refractivity contribution in [3.8, 4) is 0 Å². The molecule has 1 aliphatic heterocycles. The molecule has 0 spiro atoms. The molecule has 4 atom stereocenters. The molecular weight excluding hydrogens is 362 g/mol. The van der Waals surface area contributed by atoms with E-state index in [-0.39, 0.29) is 42.2 Å². The highest BCUT2D eigenvalue weighted by Crippen LogP contribution is 2.47. The number of halogens is 1. The lowest BCUT2D eigenvalue weighted by molar-refractivity contribution is -0.128. The lowest BCUT2D eigenvalue weighted by Gasteiger charge is -2.34. The van der Waals surface area contributed by atoms with Crippen LogP contribution in [0.4, 0.5) is 0 Å². The first-order valence-corrected chi connectivity index (χ1v) is 9.95. The average molecular weight is 392 g/mol. The van der Waals surface area contributed by atoms with Gasteiger partial charge in [-0.2, -0.15) is 0 Å². The first kappa shape index (κ1) is 20.2. The van der Waals surface area contributed by atoms with E-state index in [2.05, 4.69) is 5.32 Å². The summed E-state index contributed by atoms with van der Waals surface area (Å²) in [6.07, 6.45) is 5.11. The zero-order valence-electron chi connectivity index (χ0n) is 15.9. The Bertz CT molecular complexity index is 683. The van der Waals surface area contributed by atoms with E-state index in [0.717, 1.165) is 36.8 Å². The van der Waals surface area contributed by atoms with Gasteiger partial charge >= 0.3 is 0 Å². The minimum atomic E-state index is 0. The monoisotopic (exact) mass is 391 g/mol. The number of fused-ring (bicyclic) bond motifs is 2. The number of benzene rings is 1. The van der Waals surface area contributed by atoms with E-state index >= 15 is 0 Å². The minimum Gasteiger partial charge on any atom is -0.353 e. The number of hydrogen-bond acceptors (Lipinski definition) is 3. The van der Waals surface area contributed by atoms with Crippen LogP contribution in [0.3, 0.4) is 0 Å². The highest BCUT2D eigenvalue weighted by molar-refractivity contribution is 5.94. The van der Waals surface area contributed by atoms with E-state index in [1.807, 2.05) is 36.1 Å². The van der Waals surface area contributed by atoms with Crippen LogP contribution in [0, 0.1) is 24.7 Å². The smallest absolute Gasteiger partial charge is 0.253 e. The van der Waals surface area contributed by atoms with Gasteiger partial charge in [-0.15, -0.1) is 12.4 Å². The van der Waals surface area contributed by atoms with Crippen molar-refractivity contribution in [1.82, 2.24) is 10.2 Å². The number of rotatable bonds is 3. The summed E-state index contributed by atoms with van der Waals surface area (Å²) in [4.78, 5) is 27.2. The van der Waals surface area contributed by atoms with Crippen LogP contribution in [0.15, 0.2) is 24.3 Å². The van der Waals surface area contributed by atoms with Crippen LogP contribution in [0.1, 0.15) is 48.0 Å². The molecule has 1 saturated heterocycles. The topological polar surface area (TPSA) is 75.4 Å². The quantitative estimate of drug-likeness (QED) is 0.831. The van der Waals surface area contributed by atoms with E-state index in [0.29, 0.717) is 24.9 Å². The molecule has 3 aliphatic rings. The lowest BCUT2D eigenvalue weighted by atomic mass is 9.84. The van der Waals surface area contributed by atoms with Gasteiger partial charge in [-0.3, -0.25) is 9.59 Å². The van der Waals surface area contributed by atoms with Gasteiger partial charge in [0.25, 0.3) is 5.91 Å². The molecule has 1 heterocycles. The number of aryl methyl sites for hydroxylation is 1. The van der Waals surface area contributed by atoms with Crippen LogP contribution in [0.25, 0.3) is 0 Å². The molecule has 2 bridgehead atoms. The van der Waals surface area contributed by atoms with E-state index in [4.69, 9.17) is 5.73 Å². The van der Waals surface area contributed by atoms with E-state index in [9.17, 15) is 9.59 Å². The summed E-state index contributed by atoms with van der Waals surface area (Å²) < 4.78 is 0. The fourth-order valence-corrected chi connectivity index (χ4v) is 5.13. The van der Waals surface area contributed by atoms with Crippen LogP contribution >= 0.6 is 12.4 Å². The molecule has 3 N–H and O–H groups in total. The molecule has 3 fully saturated rings. The van der Waals surface area contributed by atoms with Crippen LogP contribution in [-0.2, 0) is 4.79 Å². The molecule has 1 aromatic rings. The van der Waals surface area contributed by atoms with Gasteiger partial charge in [-0.1, -0.05) is 17.7 Å². The first-order valence-electron chi connectivity index (χ1n) is 9.95. The maximum atomic E-state index is 12.7. The Hall–Kier alpha value is -1.59. The fourth-order valence-electron chi connectivity index (χ4n) is 5.13. The highest BCUT2D eigenvalue weighted by atomic mass is 35.5. The van der Waals surface area contributed by atoms with Gasteiger partial charge in [0.05, 0.1) is 5.92 Å². The second-order valence-electron chi connectivity index (χ2n) is 8.38. The van der Waals surface area contributed by atoms with Gasteiger partial charge in [-0.25, -0.2) is 0 Å². The van der Waals surface area contributed by atoms with Crippen molar-refractivity contribution in [2.75, 3.05) is 13.1 Å². The number of nitrogens with one attached hydrogen (secondary N) is 1. The summed E-state index contributed by atoms with van der Waals surface area (Å²) in [6, 6.07) is 7.93. The second kappa shape index (κ2) is 8.19. The van der Waals surface area contributed by atoms with Crippen LogP contribution in [0.2, 0.25) is 0 Å². The van der Waals surface area contributed by atoms with Crippen molar-refractivity contribution < 1.29 is 9.59 Å². The summed E-state index contributed by atoms with van der Waals surface area (Å²) in [6.45, 7) is 3.41. The number of carbonyl (C=O) groups is 2. The Balaban J connectivity index is 0.00000210. The predicted molar refractivity (Wildman–Crippen MR) is 108 cm³/mol. The third-order valence-corrected chi connectivity index (χ3v) is 6.71. The zero-order chi connectivity index (χ0) is 18.3. The SMILES string of the molecule is Cc1ccc(C(=O)N2CCC(NC(=O)C3C4CCC(C4)C3N)CC2)cc1.Cl. The number of nitrogens with two attached hydrogens (primary N) is 1. The maximum absolute atomic E-state index is 12.7. The van der Waals surface area contributed by atoms with Crippen molar-refractivity contribution in [2.24, 2.45) is 23.5 Å². The first-order chi connectivity index (χ1) is 12.5. The van der Waals surface area contributed by atoms with Gasteiger partial charge in [0.15, 0.2) is 0 Å². The molecule has 27 heavy (non-hydrogen) atoms. The van der Waals surface area contributed by atoms with Crippen molar-refractivity contribution in [2.45, 2.75) is 51.1 Å². The summed E-state index contributed by atoms with van der Waals surface area (Å²) in [5, 5.41) is 3.23. The number of nitrogens with zero attached hydrogens (tertiary/aromatic N) is 1. The van der Waals surface area contributed by atoms with Gasteiger partial charge < -0.3 is 16.0 Å². The summed E-state index contributed by atoms with van der Waals surface area (Å²) in [5.74, 6) is 1.27. The maximum Gasteiger partial charge on any atom is 0.253 e. The molecule has 1 aromatic carbocycles. The Morgan fingerprint density at radius 1 is 1.04 bits per heavy atom. The fraction of sp³-hybridized carbons (Fsp3) is 0.619. The molecule has 0 radical (unpaired) electrons. The molecule has 2 amide bonds. The van der Waals surface area contributed by atoms with Crippen molar-refractivity contribution in [3.05, 3.63) is 35.4 Å². The molecule has 5 nitrogen and oxygen atoms in total. The minimum absolute atomic E-state index is 0. The lowest BCUT2D eigenvalue weighted by Crippen LogP contribution is -2.51. The average Bonchev–Trinajstić information content (AvgIpc) is 3.23. The summed E-state index contributed by atoms with van der Waals surface area (Å²) in [5.41, 5.74) is 8.19. The Morgan fingerprint density at radius 3 is 2.26 bits per heavy atom. The second-order valence-corrected chi connectivity index (χ2v) is 8.38. The molecule has 0 aromatic heterocycles. The van der Waals surface area contributed by atoms with Crippen molar-refractivity contribution >= 4 is 24.2 Å². The number of hydrogen-bond donors (Lipinski definition) is 2. The Labute approximate surface area is 167 Å². The van der Waals surface area contributed by atoms with E-state index in [1.165, 1.54) is 6.42 Å². The van der Waals surface area contributed by atoms with Crippen molar-refractivity contribution in [1.29, 1.82) is 0 Å². The standard InChI is InChI=1S/C21H29N3O2.ClH/c1-13-2-4-14(5-3-13)21(26)24-10-8-17(9-11-24)23-20(25)18-15-6-7-16(12-15)19(18)22;/h2-5,15-19H,6-12,22H2,1H3,(H,23,25);1H. The van der Waals surface area contributed by atoms with Gasteiger partial charge in [-0.05, 0) is 63.0 Å². The molecule has 148 valence electrons. The summed E-state index contributed by atoms with van der Waals surface area (Å²) in [7, 11) is 0. The van der Waals surface area contributed by atoms with Gasteiger partial charge in [0.1, 0.15) is 0 Å². The Kier molecular flexibility index (Phi) is 6.11. The normalized spacial score (nSPS) is 30.1. The van der Waals surface area contributed by atoms with Gasteiger partial charge in [0, 0.05) is 30.7 Å². The third-order valence-electron chi connectivity index (χ3n) is 6.71. The summed E-state index contributed by atoms with van der Waals surface area (Å²) >= 11 is 0. The molecule has 4 rings (SSSR count). The number of amides is 2. The molecular formula is C21H30ClN3O2. The zero-order valence-corrected chi connectivity index (χ0v) is 16.7. The molecule has 2 saturated carbocycles. The Morgan fingerprint density at radius 2 is 1.67 bits per heavy atom. The van der Waals surface area contributed by atoms with E-state index < -0.39 is 0 Å². The van der Waals surface area contributed by atoms with Crippen LogP contribution in [0.5, 0.6) is 0 Å². The molecule has 4 unspecified atom stereocenters. The highest BCUT2D eigenvalue weighted by Gasteiger charge is 2.49. The molecule has 2 aliphatic carbocycles. The van der Waals surface area contributed by atoms with Crippen LogP contribution < -0.4 is 11.1 Å². The largest absolute Gasteiger partial charge is 0.353 e. The predicted octanol–water partition coefficient (Wildman–Crippen LogP) is 2.51. The van der Waals surface area contributed by atoms with Crippen molar-refractivity contribution in [3.63, 3.8) is 0 Å². The van der Waals surface area contributed by atoms with Crippen LogP contribution in [-0.4, -0.2) is 41.9 Å². The number of piperidine rings is 1. The van der Waals surface area contributed by atoms with Gasteiger partial charge in [0.2, 0.25) is 5.91 Å².